The highest BCUT2D eigenvalue weighted by molar-refractivity contribution is 5.96. The Morgan fingerprint density at radius 3 is 2.66 bits per heavy atom. The highest BCUT2D eigenvalue weighted by Gasteiger charge is 2.46. The zero-order valence-electron chi connectivity index (χ0n) is 16.4. The molecule has 0 radical (unpaired) electrons. The lowest BCUT2D eigenvalue weighted by molar-refractivity contribution is -0.142. The standard InChI is InChI=1S/C20H15F3N2O7/c1-29-4-5-31-18(27)14-15(24-19(28)25-17(14)20(21,22)23)11-8-32-13-7-12-9(2-3-30-12)6-10(13)16(11)26/h2-3,6-8,15H,4-5H2,1H3,(H2,24,25,28). The molecule has 1 aromatic carbocycles. The van der Waals surface area contributed by atoms with Crippen LogP contribution in [0, 0.1) is 0 Å². The van der Waals surface area contributed by atoms with E-state index in [0.717, 1.165) is 6.26 Å². The molecule has 1 aliphatic heterocycles. The number of esters is 1. The number of furan rings is 1. The Bertz CT molecular complexity index is 1310. The smallest absolute Gasteiger partial charge is 0.432 e. The van der Waals surface area contributed by atoms with Crippen LogP contribution in [0.4, 0.5) is 18.0 Å². The van der Waals surface area contributed by atoms with E-state index < -0.39 is 40.9 Å². The molecule has 2 amide bonds. The van der Waals surface area contributed by atoms with Crippen molar-refractivity contribution in [3.63, 3.8) is 0 Å². The van der Waals surface area contributed by atoms with Gasteiger partial charge in [0.15, 0.2) is 5.43 Å². The summed E-state index contributed by atoms with van der Waals surface area (Å²) >= 11 is 0. The molecule has 12 heteroatoms. The number of halogens is 3. The van der Waals surface area contributed by atoms with Gasteiger partial charge in [-0.25, -0.2) is 9.59 Å². The Kier molecular flexibility index (Phi) is 5.38. The summed E-state index contributed by atoms with van der Waals surface area (Å²) in [7, 11) is 1.32. The molecule has 3 aromatic rings. The molecule has 0 saturated heterocycles. The average Bonchev–Trinajstić information content (AvgIpc) is 3.19. The van der Waals surface area contributed by atoms with E-state index >= 15 is 0 Å². The van der Waals surface area contributed by atoms with Crippen LogP contribution >= 0.6 is 0 Å². The maximum Gasteiger partial charge on any atom is 0.432 e. The van der Waals surface area contributed by atoms with Gasteiger partial charge in [-0.1, -0.05) is 0 Å². The number of carbonyl (C=O) groups is 2. The van der Waals surface area contributed by atoms with E-state index in [0.29, 0.717) is 11.0 Å². The van der Waals surface area contributed by atoms with Gasteiger partial charge >= 0.3 is 18.2 Å². The minimum atomic E-state index is -5.11. The third-order valence-corrected chi connectivity index (χ3v) is 4.78. The molecule has 1 atom stereocenters. The zero-order chi connectivity index (χ0) is 23.0. The third kappa shape index (κ3) is 3.80. The van der Waals surface area contributed by atoms with Crippen molar-refractivity contribution < 1.29 is 41.1 Å². The van der Waals surface area contributed by atoms with Crippen LogP contribution in [0.1, 0.15) is 11.6 Å². The van der Waals surface area contributed by atoms with Crippen LogP contribution in [0.25, 0.3) is 21.9 Å². The van der Waals surface area contributed by atoms with Gasteiger partial charge in [-0.05, 0) is 12.1 Å². The number of fused-ring (bicyclic) bond motifs is 2. The van der Waals surface area contributed by atoms with Gasteiger partial charge in [0.25, 0.3) is 0 Å². The molecule has 168 valence electrons. The Morgan fingerprint density at radius 1 is 1.16 bits per heavy atom. The van der Waals surface area contributed by atoms with Crippen LogP contribution < -0.4 is 16.1 Å². The summed E-state index contributed by atoms with van der Waals surface area (Å²) in [5.74, 6) is -1.38. The van der Waals surface area contributed by atoms with Crippen molar-refractivity contribution in [2.24, 2.45) is 0 Å². The number of amides is 2. The van der Waals surface area contributed by atoms with Gasteiger partial charge in [0.2, 0.25) is 0 Å². The lowest BCUT2D eigenvalue weighted by Gasteiger charge is -2.29. The number of nitrogens with one attached hydrogen (secondary N) is 2. The molecule has 2 aromatic heterocycles. The molecule has 1 unspecified atom stereocenters. The Morgan fingerprint density at radius 2 is 1.94 bits per heavy atom. The fourth-order valence-corrected chi connectivity index (χ4v) is 3.34. The van der Waals surface area contributed by atoms with Crippen molar-refractivity contribution >= 4 is 33.9 Å². The third-order valence-electron chi connectivity index (χ3n) is 4.78. The van der Waals surface area contributed by atoms with E-state index in [9.17, 15) is 27.6 Å². The van der Waals surface area contributed by atoms with Gasteiger partial charge < -0.3 is 28.9 Å². The minimum absolute atomic E-state index is 0.0323. The maximum absolute atomic E-state index is 13.7. The van der Waals surface area contributed by atoms with Crippen LogP contribution in [-0.4, -0.2) is 38.5 Å². The van der Waals surface area contributed by atoms with Crippen molar-refractivity contribution in [3.8, 4) is 0 Å². The van der Waals surface area contributed by atoms with E-state index in [1.54, 1.807) is 11.4 Å². The van der Waals surface area contributed by atoms with Crippen LogP contribution in [0.15, 0.2) is 55.6 Å². The van der Waals surface area contributed by atoms with Crippen LogP contribution in [0.2, 0.25) is 0 Å². The van der Waals surface area contributed by atoms with E-state index in [1.807, 2.05) is 0 Å². The number of alkyl halides is 3. The predicted octanol–water partition coefficient (Wildman–Crippen LogP) is 2.90. The maximum atomic E-state index is 13.7. The van der Waals surface area contributed by atoms with Crippen molar-refractivity contribution in [2.75, 3.05) is 20.3 Å². The topological polar surface area (TPSA) is 120 Å². The summed E-state index contributed by atoms with van der Waals surface area (Å²) in [6.07, 6.45) is -2.81. The Hall–Kier alpha value is -3.80. The Labute approximate surface area is 176 Å². The van der Waals surface area contributed by atoms with Crippen molar-refractivity contribution in [1.29, 1.82) is 0 Å². The second kappa shape index (κ2) is 8.04. The lowest BCUT2D eigenvalue weighted by Crippen LogP contribution is -2.50. The first-order chi connectivity index (χ1) is 15.2. The number of rotatable bonds is 5. The predicted molar refractivity (Wildman–Crippen MR) is 103 cm³/mol. The molecule has 9 nitrogen and oxygen atoms in total. The highest BCUT2D eigenvalue weighted by Crippen LogP contribution is 2.35. The summed E-state index contributed by atoms with van der Waals surface area (Å²) in [6.45, 7) is -0.404. The Balaban J connectivity index is 1.88. The minimum Gasteiger partial charge on any atom is -0.464 e. The molecule has 0 saturated carbocycles. The van der Waals surface area contributed by atoms with E-state index in [4.69, 9.17) is 18.3 Å². The van der Waals surface area contributed by atoms with Gasteiger partial charge in [0.1, 0.15) is 29.7 Å². The number of hydrogen-bond acceptors (Lipinski definition) is 7. The van der Waals surface area contributed by atoms with Gasteiger partial charge in [0.05, 0.1) is 35.4 Å². The first kappa shape index (κ1) is 21.4. The molecule has 2 N–H and O–H groups in total. The highest BCUT2D eigenvalue weighted by atomic mass is 19.4. The van der Waals surface area contributed by atoms with Crippen LogP contribution in [0.3, 0.4) is 0 Å². The van der Waals surface area contributed by atoms with Gasteiger partial charge in [0, 0.05) is 18.6 Å². The fourth-order valence-electron chi connectivity index (χ4n) is 3.34. The van der Waals surface area contributed by atoms with Crippen molar-refractivity contribution in [1.82, 2.24) is 10.6 Å². The number of allylic oxidation sites excluding steroid dienone is 1. The second-order valence-corrected chi connectivity index (χ2v) is 6.77. The zero-order valence-corrected chi connectivity index (χ0v) is 16.4. The number of ether oxygens (including phenoxy) is 2. The first-order valence-electron chi connectivity index (χ1n) is 9.18. The molecular weight excluding hydrogens is 437 g/mol. The van der Waals surface area contributed by atoms with Gasteiger partial charge in [-0.2, -0.15) is 13.2 Å². The van der Waals surface area contributed by atoms with Crippen LogP contribution in [0.5, 0.6) is 0 Å². The number of urea groups is 1. The molecule has 4 rings (SSSR count). The SMILES string of the molecule is COCCOC(=O)C1=C(C(F)(F)F)NC(=O)NC1c1coc2cc3occc3cc2c1=O. The fraction of sp³-hybridized carbons (Fsp3) is 0.250. The van der Waals surface area contributed by atoms with Crippen molar-refractivity contribution in [3.05, 3.63) is 57.8 Å². The largest absolute Gasteiger partial charge is 0.464 e. The quantitative estimate of drug-likeness (QED) is 0.451. The summed E-state index contributed by atoms with van der Waals surface area (Å²) in [6, 6.07) is 1.47. The molecule has 1 aliphatic rings. The monoisotopic (exact) mass is 452 g/mol. The first-order valence-corrected chi connectivity index (χ1v) is 9.18. The molecule has 0 fully saturated rings. The number of hydrogen-bond donors (Lipinski definition) is 2. The molecule has 0 aliphatic carbocycles. The average molecular weight is 452 g/mol. The second-order valence-electron chi connectivity index (χ2n) is 6.77. The van der Waals surface area contributed by atoms with E-state index in [1.165, 1.54) is 25.5 Å². The van der Waals surface area contributed by atoms with Gasteiger partial charge in [-0.3, -0.25) is 4.79 Å². The normalized spacial score (nSPS) is 16.9. The molecule has 0 spiro atoms. The summed E-state index contributed by atoms with van der Waals surface area (Å²) in [4.78, 5) is 37.7. The number of benzene rings is 1. The summed E-state index contributed by atoms with van der Waals surface area (Å²) in [5, 5.41) is 4.35. The molecule has 0 bridgehead atoms. The van der Waals surface area contributed by atoms with E-state index in [-0.39, 0.29) is 29.7 Å². The molecular formula is C20H15F3N2O7. The summed E-state index contributed by atoms with van der Waals surface area (Å²) in [5.41, 5.74) is -3.17. The number of methoxy groups -OCH3 is 1. The van der Waals surface area contributed by atoms with Crippen molar-refractivity contribution in [2.45, 2.75) is 12.2 Å². The number of carbonyl (C=O) groups excluding carboxylic acids is 2. The summed E-state index contributed by atoms with van der Waals surface area (Å²) < 4.78 is 61.2. The van der Waals surface area contributed by atoms with E-state index in [2.05, 4.69) is 5.32 Å². The van der Waals surface area contributed by atoms with Crippen LogP contribution in [-0.2, 0) is 14.3 Å². The molecule has 32 heavy (non-hydrogen) atoms. The van der Waals surface area contributed by atoms with Gasteiger partial charge in [-0.15, -0.1) is 0 Å². The lowest BCUT2D eigenvalue weighted by atomic mass is 9.95. The molecule has 3 heterocycles.